The van der Waals surface area contributed by atoms with Gasteiger partial charge >= 0.3 is 0 Å². The van der Waals surface area contributed by atoms with E-state index < -0.39 is 0 Å². The molecule has 2 aromatic rings. The van der Waals surface area contributed by atoms with Crippen LogP contribution in [0.5, 0.6) is 5.75 Å². The van der Waals surface area contributed by atoms with Crippen molar-refractivity contribution < 1.29 is 4.74 Å². The SMILES string of the molecule is COc1ccc(C(N)c2ccnc(C)n2)c(C)c1. The molecule has 0 saturated carbocycles. The number of methoxy groups -OCH3 is 1. The topological polar surface area (TPSA) is 61.0 Å². The van der Waals surface area contributed by atoms with Gasteiger partial charge in [0, 0.05) is 6.20 Å². The van der Waals surface area contributed by atoms with E-state index in [0.29, 0.717) is 0 Å². The van der Waals surface area contributed by atoms with Crippen LogP contribution in [-0.2, 0) is 0 Å². The van der Waals surface area contributed by atoms with E-state index in [2.05, 4.69) is 9.97 Å². The number of hydrogen-bond acceptors (Lipinski definition) is 4. The lowest BCUT2D eigenvalue weighted by Crippen LogP contribution is -2.15. The van der Waals surface area contributed by atoms with Crippen molar-refractivity contribution in [3.8, 4) is 5.75 Å². The van der Waals surface area contributed by atoms with Crippen molar-refractivity contribution in [2.24, 2.45) is 5.73 Å². The van der Waals surface area contributed by atoms with Crippen molar-refractivity contribution in [2.45, 2.75) is 19.9 Å². The van der Waals surface area contributed by atoms with Crippen molar-refractivity contribution in [1.29, 1.82) is 0 Å². The van der Waals surface area contributed by atoms with Gasteiger partial charge in [0.15, 0.2) is 0 Å². The molecule has 1 aromatic carbocycles. The molecule has 1 heterocycles. The maximum Gasteiger partial charge on any atom is 0.125 e. The molecule has 0 fully saturated rings. The van der Waals surface area contributed by atoms with Gasteiger partial charge in [0.25, 0.3) is 0 Å². The first-order valence-electron chi connectivity index (χ1n) is 5.81. The molecule has 4 nitrogen and oxygen atoms in total. The maximum atomic E-state index is 6.25. The summed E-state index contributed by atoms with van der Waals surface area (Å²) in [6, 6.07) is 7.48. The highest BCUT2D eigenvalue weighted by molar-refractivity contribution is 5.39. The van der Waals surface area contributed by atoms with E-state index in [1.165, 1.54) is 0 Å². The molecule has 4 heteroatoms. The largest absolute Gasteiger partial charge is 0.497 e. The fourth-order valence-electron chi connectivity index (χ4n) is 1.93. The molecule has 0 saturated heterocycles. The molecule has 0 aliphatic carbocycles. The van der Waals surface area contributed by atoms with Gasteiger partial charge in [0.05, 0.1) is 18.8 Å². The summed E-state index contributed by atoms with van der Waals surface area (Å²) in [4.78, 5) is 8.44. The van der Waals surface area contributed by atoms with Crippen molar-refractivity contribution in [2.75, 3.05) is 7.11 Å². The zero-order chi connectivity index (χ0) is 13.1. The minimum Gasteiger partial charge on any atom is -0.497 e. The van der Waals surface area contributed by atoms with E-state index in [-0.39, 0.29) is 6.04 Å². The van der Waals surface area contributed by atoms with Crippen LogP contribution in [0.3, 0.4) is 0 Å². The summed E-state index contributed by atoms with van der Waals surface area (Å²) in [7, 11) is 1.65. The van der Waals surface area contributed by atoms with Gasteiger partial charge in [0.2, 0.25) is 0 Å². The van der Waals surface area contributed by atoms with E-state index in [4.69, 9.17) is 10.5 Å². The Kier molecular flexibility index (Phi) is 3.58. The number of aryl methyl sites for hydroxylation is 2. The van der Waals surface area contributed by atoms with Gasteiger partial charge < -0.3 is 10.5 Å². The molecule has 0 aliphatic rings. The monoisotopic (exact) mass is 243 g/mol. The summed E-state index contributed by atoms with van der Waals surface area (Å²) >= 11 is 0. The number of nitrogens with two attached hydrogens (primary N) is 1. The number of benzene rings is 1. The number of aromatic nitrogens is 2. The van der Waals surface area contributed by atoms with Gasteiger partial charge in [-0.25, -0.2) is 9.97 Å². The molecule has 2 N–H and O–H groups in total. The van der Waals surface area contributed by atoms with Crippen LogP contribution in [0.25, 0.3) is 0 Å². The van der Waals surface area contributed by atoms with Crippen molar-refractivity contribution >= 4 is 0 Å². The highest BCUT2D eigenvalue weighted by Gasteiger charge is 2.13. The number of hydrogen-bond donors (Lipinski definition) is 1. The minimum atomic E-state index is -0.238. The molecule has 0 spiro atoms. The predicted molar refractivity (Wildman–Crippen MR) is 70.5 cm³/mol. The summed E-state index contributed by atoms with van der Waals surface area (Å²) < 4.78 is 5.19. The fourth-order valence-corrected chi connectivity index (χ4v) is 1.93. The molecule has 2 rings (SSSR count). The van der Waals surface area contributed by atoms with Gasteiger partial charge in [-0.1, -0.05) is 6.07 Å². The zero-order valence-electron chi connectivity index (χ0n) is 10.8. The average Bonchev–Trinajstić information content (AvgIpc) is 2.37. The van der Waals surface area contributed by atoms with Crippen LogP contribution in [0.2, 0.25) is 0 Å². The Morgan fingerprint density at radius 1 is 1.22 bits per heavy atom. The van der Waals surface area contributed by atoms with Crippen LogP contribution in [0.15, 0.2) is 30.5 Å². The lowest BCUT2D eigenvalue weighted by Gasteiger charge is -2.15. The molecule has 1 unspecified atom stereocenters. The second kappa shape index (κ2) is 5.14. The Balaban J connectivity index is 2.37. The molecule has 1 atom stereocenters. The summed E-state index contributed by atoms with van der Waals surface area (Å²) in [5, 5.41) is 0. The van der Waals surface area contributed by atoms with E-state index in [9.17, 15) is 0 Å². The Bertz CT molecular complexity index is 554. The molecule has 18 heavy (non-hydrogen) atoms. The van der Waals surface area contributed by atoms with Gasteiger partial charge in [-0.2, -0.15) is 0 Å². The highest BCUT2D eigenvalue weighted by Crippen LogP contribution is 2.24. The number of rotatable bonds is 3. The summed E-state index contributed by atoms with van der Waals surface area (Å²) in [5.41, 5.74) is 9.22. The Labute approximate surface area is 107 Å². The number of nitrogens with zero attached hydrogens (tertiary/aromatic N) is 2. The van der Waals surface area contributed by atoms with Crippen LogP contribution in [-0.4, -0.2) is 17.1 Å². The Morgan fingerprint density at radius 3 is 2.61 bits per heavy atom. The fraction of sp³-hybridized carbons (Fsp3) is 0.286. The molecular formula is C14H17N3O. The Hall–Kier alpha value is -1.94. The molecule has 94 valence electrons. The van der Waals surface area contributed by atoms with Crippen LogP contribution < -0.4 is 10.5 Å². The molecule has 0 aliphatic heterocycles. The first kappa shape index (κ1) is 12.5. The van der Waals surface area contributed by atoms with E-state index in [1.54, 1.807) is 13.3 Å². The third-order valence-electron chi connectivity index (χ3n) is 2.93. The van der Waals surface area contributed by atoms with Gasteiger partial charge in [-0.05, 0) is 43.2 Å². The summed E-state index contributed by atoms with van der Waals surface area (Å²) in [6.45, 7) is 3.88. The van der Waals surface area contributed by atoms with Crippen LogP contribution >= 0.6 is 0 Å². The molecular weight excluding hydrogens is 226 g/mol. The average molecular weight is 243 g/mol. The smallest absolute Gasteiger partial charge is 0.125 e. The summed E-state index contributed by atoms with van der Waals surface area (Å²) in [5.74, 6) is 1.57. The normalized spacial score (nSPS) is 12.2. The molecule has 1 aromatic heterocycles. The molecule has 0 bridgehead atoms. The third kappa shape index (κ3) is 2.49. The van der Waals surface area contributed by atoms with Crippen LogP contribution in [0, 0.1) is 13.8 Å². The van der Waals surface area contributed by atoms with E-state index >= 15 is 0 Å². The van der Waals surface area contributed by atoms with Crippen LogP contribution in [0.1, 0.15) is 28.7 Å². The lowest BCUT2D eigenvalue weighted by molar-refractivity contribution is 0.414. The van der Waals surface area contributed by atoms with E-state index in [1.807, 2.05) is 38.1 Å². The van der Waals surface area contributed by atoms with Crippen molar-refractivity contribution in [3.05, 3.63) is 53.1 Å². The second-order valence-electron chi connectivity index (χ2n) is 4.23. The third-order valence-corrected chi connectivity index (χ3v) is 2.93. The quantitative estimate of drug-likeness (QED) is 0.897. The standard InChI is InChI=1S/C14H17N3O/c1-9-8-11(18-3)4-5-12(9)14(15)13-6-7-16-10(2)17-13/h4-8,14H,15H2,1-3H3. The first-order chi connectivity index (χ1) is 8.61. The van der Waals surface area contributed by atoms with E-state index in [0.717, 1.165) is 28.4 Å². The maximum absolute atomic E-state index is 6.25. The number of ether oxygens (including phenoxy) is 1. The summed E-state index contributed by atoms with van der Waals surface area (Å²) in [6.07, 6.45) is 1.73. The first-order valence-corrected chi connectivity index (χ1v) is 5.81. The second-order valence-corrected chi connectivity index (χ2v) is 4.23. The molecule has 0 radical (unpaired) electrons. The van der Waals surface area contributed by atoms with Gasteiger partial charge in [0.1, 0.15) is 11.6 Å². The Morgan fingerprint density at radius 2 is 2.00 bits per heavy atom. The molecule has 0 amide bonds. The lowest BCUT2D eigenvalue weighted by atomic mass is 9.99. The van der Waals surface area contributed by atoms with Crippen LogP contribution in [0.4, 0.5) is 0 Å². The van der Waals surface area contributed by atoms with Gasteiger partial charge in [-0.3, -0.25) is 0 Å². The minimum absolute atomic E-state index is 0.238. The van der Waals surface area contributed by atoms with Crippen molar-refractivity contribution in [3.63, 3.8) is 0 Å². The van der Waals surface area contributed by atoms with Gasteiger partial charge in [-0.15, -0.1) is 0 Å². The van der Waals surface area contributed by atoms with Crippen molar-refractivity contribution in [1.82, 2.24) is 9.97 Å². The highest BCUT2D eigenvalue weighted by atomic mass is 16.5. The predicted octanol–water partition coefficient (Wildman–Crippen LogP) is 2.15. The zero-order valence-corrected chi connectivity index (χ0v) is 10.8.